The van der Waals surface area contributed by atoms with Crippen LogP contribution in [0.3, 0.4) is 0 Å². The van der Waals surface area contributed by atoms with E-state index in [1.165, 1.54) is 11.5 Å². The summed E-state index contributed by atoms with van der Waals surface area (Å²) in [6, 6.07) is 9.41. The maximum Gasteiger partial charge on any atom is 0.269 e. The van der Waals surface area contributed by atoms with Crippen LogP contribution in [0.2, 0.25) is 0 Å². The monoisotopic (exact) mass is 402 g/mol. The average molecular weight is 402 g/mol. The second-order valence-corrected chi connectivity index (χ2v) is 7.29. The number of aromatic nitrogens is 6. The van der Waals surface area contributed by atoms with Gasteiger partial charge in [0.1, 0.15) is 5.52 Å². The molecule has 10 heteroatoms. The van der Waals surface area contributed by atoms with Gasteiger partial charge < -0.3 is 11.5 Å². The van der Waals surface area contributed by atoms with Gasteiger partial charge in [-0.1, -0.05) is 16.6 Å². The number of aromatic amines is 1. The second-order valence-electron chi connectivity index (χ2n) is 6.54. The summed E-state index contributed by atoms with van der Waals surface area (Å²) >= 11 is 1.23. The number of fused-ring (bicyclic) bond motifs is 2. The Balaban J connectivity index is 1.87. The Morgan fingerprint density at radius 3 is 2.86 bits per heavy atom. The standard InChI is InChI=1S/C19H14N8OS/c1-8-5-6-11-10(7-22-25-11)13(8)15-14(20)16(18(21)28)24-19(23-15)9-3-2-4-12-17(9)29-27-26-12/h2-7H,20H2,1H3,(H2,21,28)(H,22,25). The molecule has 29 heavy (non-hydrogen) atoms. The summed E-state index contributed by atoms with van der Waals surface area (Å²) in [4.78, 5) is 21.2. The van der Waals surface area contributed by atoms with Crippen molar-refractivity contribution >= 4 is 44.2 Å². The summed E-state index contributed by atoms with van der Waals surface area (Å²) < 4.78 is 4.82. The molecule has 0 spiro atoms. The van der Waals surface area contributed by atoms with Gasteiger partial charge in [-0.05, 0) is 42.2 Å². The van der Waals surface area contributed by atoms with Crippen molar-refractivity contribution in [1.82, 2.24) is 29.8 Å². The minimum atomic E-state index is -0.723. The van der Waals surface area contributed by atoms with Gasteiger partial charge in [0.25, 0.3) is 5.91 Å². The van der Waals surface area contributed by atoms with Crippen molar-refractivity contribution < 1.29 is 4.79 Å². The summed E-state index contributed by atoms with van der Waals surface area (Å²) in [5, 5.41) is 12.0. The number of primary amides is 1. The number of aryl methyl sites for hydroxylation is 1. The number of anilines is 1. The molecule has 0 unspecified atom stereocenters. The van der Waals surface area contributed by atoms with E-state index in [2.05, 4.69) is 24.8 Å². The highest BCUT2D eigenvalue weighted by molar-refractivity contribution is 7.13. The number of hydrogen-bond acceptors (Lipinski definition) is 8. The van der Waals surface area contributed by atoms with Crippen LogP contribution in [-0.2, 0) is 0 Å². The number of nitrogens with two attached hydrogens (primary N) is 2. The SMILES string of the molecule is Cc1ccc2[nH]ncc2c1-c1nc(-c2cccc3nnsc23)nc(C(N)=O)c1N. The number of rotatable bonds is 3. The fourth-order valence-electron chi connectivity index (χ4n) is 3.39. The van der Waals surface area contributed by atoms with Gasteiger partial charge in [0.15, 0.2) is 11.5 Å². The topological polar surface area (TPSA) is 149 Å². The Labute approximate surface area is 168 Å². The van der Waals surface area contributed by atoms with Crippen molar-refractivity contribution in [1.29, 1.82) is 0 Å². The van der Waals surface area contributed by atoms with Crippen molar-refractivity contribution in [3.8, 4) is 22.6 Å². The van der Waals surface area contributed by atoms with E-state index in [0.29, 0.717) is 17.1 Å². The van der Waals surface area contributed by atoms with E-state index in [1.807, 2.05) is 37.3 Å². The van der Waals surface area contributed by atoms with E-state index in [0.717, 1.165) is 32.2 Å². The third kappa shape index (κ3) is 2.61. The summed E-state index contributed by atoms with van der Waals surface area (Å²) in [6.07, 6.45) is 1.71. The Kier molecular flexibility index (Phi) is 3.74. The molecule has 9 nitrogen and oxygen atoms in total. The van der Waals surface area contributed by atoms with Gasteiger partial charge in [0, 0.05) is 16.5 Å². The molecule has 0 bridgehead atoms. The van der Waals surface area contributed by atoms with E-state index in [4.69, 9.17) is 16.5 Å². The Hall–Kier alpha value is -3.92. The molecule has 0 atom stereocenters. The highest BCUT2D eigenvalue weighted by atomic mass is 32.1. The Morgan fingerprint density at radius 2 is 2.03 bits per heavy atom. The first-order chi connectivity index (χ1) is 14.0. The van der Waals surface area contributed by atoms with Gasteiger partial charge in [0.05, 0.1) is 27.8 Å². The number of nitrogens with one attached hydrogen (secondary N) is 1. The molecule has 0 aliphatic carbocycles. The zero-order chi connectivity index (χ0) is 20.1. The molecule has 0 fully saturated rings. The number of carbonyl (C=O) groups is 1. The van der Waals surface area contributed by atoms with Gasteiger partial charge >= 0.3 is 0 Å². The molecule has 2 aromatic carbocycles. The molecular formula is C19H14N8OS. The predicted molar refractivity (Wildman–Crippen MR) is 111 cm³/mol. The molecular weight excluding hydrogens is 388 g/mol. The Morgan fingerprint density at radius 1 is 1.17 bits per heavy atom. The maximum absolute atomic E-state index is 12.1. The Bertz CT molecular complexity index is 1420. The first-order valence-corrected chi connectivity index (χ1v) is 9.43. The number of benzene rings is 2. The van der Waals surface area contributed by atoms with Crippen molar-refractivity contribution in [3.05, 3.63) is 47.8 Å². The lowest BCUT2D eigenvalue weighted by Crippen LogP contribution is -2.18. The first kappa shape index (κ1) is 17.2. The molecule has 0 aliphatic heterocycles. The van der Waals surface area contributed by atoms with Gasteiger partial charge in [0.2, 0.25) is 0 Å². The minimum Gasteiger partial charge on any atom is -0.395 e. The molecule has 5 N–H and O–H groups in total. The quantitative estimate of drug-likeness (QED) is 0.420. The number of nitrogens with zero attached hydrogens (tertiary/aromatic N) is 5. The molecule has 1 amide bonds. The third-order valence-corrected chi connectivity index (χ3v) is 5.54. The molecule has 0 radical (unpaired) electrons. The van der Waals surface area contributed by atoms with Crippen LogP contribution >= 0.6 is 11.5 Å². The molecule has 0 saturated heterocycles. The third-order valence-electron chi connectivity index (χ3n) is 4.76. The molecule has 0 aliphatic rings. The van der Waals surface area contributed by atoms with Crippen LogP contribution in [0, 0.1) is 6.92 Å². The average Bonchev–Trinajstić information content (AvgIpc) is 3.37. The lowest BCUT2D eigenvalue weighted by molar-refractivity contribution is 0.0996. The summed E-state index contributed by atoms with van der Waals surface area (Å²) in [7, 11) is 0. The molecule has 142 valence electrons. The van der Waals surface area contributed by atoms with Gasteiger partial charge in [-0.3, -0.25) is 9.89 Å². The van der Waals surface area contributed by atoms with Gasteiger partial charge in [-0.15, -0.1) is 5.10 Å². The number of H-pyrrole nitrogens is 1. The normalized spacial score (nSPS) is 11.3. The summed E-state index contributed by atoms with van der Waals surface area (Å²) in [5.41, 5.74) is 16.4. The van der Waals surface area contributed by atoms with Gasteiger partial charge in [-0.25, -0.2) is 9.97 Å². The van der Waals surface area contributed by atoms with Crippen LogP contribution in [0.15, 0.2) is 36.5 Å². The van der Waals surface area contributed by atoms with E-state index in [-0.39, 0.29) is 11.4 Å². The molecule has 3 heterocycles. The molecule has 0 saturated carbocycles. The lowest BCUT2D eigenvalue weighted by atomic mass is 9.99. The molecule has 5 aromatic rings. The van der Waals surface area contributed by atoms with Crippen LogP contribution in [0.25, 0.3) is 43.8 Å². The van der Waals surface area contributed by atoms with Crippen LogP contribution in [-0.4, -0.2) is 35.7 Å². The van der Waals surface area contributed by atoms with E-state index < -0.39 is 5.91 Å². The maximum atomic E-state index is 12.1. The first-order valence-electron chi connectivity index (χ1n) is 8.66. The van der Waals surface area contributed by atoms with Crippen LogP contribution in [0.4, 0.5) is 5.69 Å². The van der Waals surface area contributed by atoms with E-state index in [9.17, 15) is 4.79 Å². The summed E-state index contributed by atoms with van der Waals surface area (Å²) in [6.45, 7) is 1.95. The fraction of sp³-hybridized carbons (Fsp3) is 0.0526. The van der Waals surface area contributed by atoms with Gasteiger partial charge in [-0.2, -0.15) is 5.10 Å². The molecule has 3 aromatic heterocycles. The number of nitrogen functional groups attached to an aromatic ring is 1. The minimum absolute atomic E-state index is 0.0284. The van der Waals surface area contributed by atoms with Crippen LogP contribution in [0.5, 0.6) is 0 Å². The number of carbonyl (C=O) groups excluding carboxylic acids is 1. The second kappa shape index (κ2) is 6.31. The predicted octanol–water partition coefficient (Wildman–Crippen LogP) is 2.68. The highest BCUT2D eigenvalue weighted by Crippen LogP contribution is 2.37. The smallest absolute Gasteiger partial charge is 0.269 e. The van der Waals surface area contributed by atoms with E-state index in [1.54, 1.807) is 6.20 Å². The number of hydrogen-bond donors (Lipinski definition) is 3. The zero-order valence-corrected chi connectivity index (χ0v) is 16.0. The zero-order valence-electron chi connectivity index (χ0n) is 15.2. The fourth-order valence-corrected chi connectivity index (χ4v) is 4.06. The summed E-state index contributed by atoms with van der Waals surface area (Å²) in [5.74, 6) is -0.390. The molecule has 5 rings (SSSR count). The van der Waals surface area contributed by atoms with Crippen LogP contribution in [0.1, 0.15) is 16.1 Å². The van der Waals surface area contributed by atoms with Crippen molar-refractivity contribution in [2.24, 2.45) is 5.73 Å². The van der Waals surface area contributed by atoms with Crippen molar-refractivity contribution in [3.63, 3.8) is 0 Å². The van der Waals surface area contributed by atoms with Crippen LogP contribution < -0.4 is 11.5 Å². The van der Waals surface area contributed by atoms with Crippen molar-refractivity contribution in [2.75, 3.05) is 5.73 Å². The largest absolute Gasteiger partial charge is 0.395 e. The van der Waals surface area contributed by atoms with Crippen molar-refractivity contribution in [2.45, 2.75) is 6.92 Å². The highest BCUT2D eigenvalue weighted by Gasteiger charge is 2.22. The number of amides is 1. The lowest BCUT2D eigenvalue weighted by Gasteiger charge is -2.14. The van der Waals surface area contributed by atoms with E-state index >= 15 is 0 Å².